The lowest BCUT2D eigenvalue weighted by atomic mass is 10.1. The molecule has 0 saturated carbocycles. The third-order valence-electron chi connectivity index (χ3n) is 3.59. The molecule has 2 aromatic carbocycles. The van der Waals surface area contributed by atoms with Crippen molar-refractivity contribution >= 4 is 40.7 Å². The summed E-state index contributed by atoms with van der Waals surface area (Å²) in [6.45, 7) is 3.54. The molecule has 0 aliphatic heterocycles. The van der Waals surface area contributed by atoms with Gasteiger partial charge in [0.15, 0.2) is 15.9 Å². The summed E-state index contributed by atoms with van der Waals surface area (Å²) in [5, 5.41) is 2.81. The van der Waals surface area contributed by atoms with E-state index in [0.29, 0.717) is 17.1 Å². The van der Waals surface area contributed by atoms with Crippen LogP contribution >= 0.6 is 23.3 Å². The van der Waals surface area contributed by atoms with Crippen molar-refractivity contribution in [3.05, 3.63) is 59.7 Å². The molecule has 0 spiro atoms. The Labute approximate surface area is 160 Å². The Morgan fingerprint density at radius 3 is 2.62 bits per heavy atom. The second-order valence-corrected chi connectivity index (χ2v) is 7.70. The molecule has 0 bridgehead atoms. The van der Waals surface area contributed by atoms with Crippen LogP contribution in [0, 0.1) is 6.92 Å². The Kier molecular flexibility index (Phi) is 5.80. The van der Waals surface area contributed by atoms with Crippen molar-refractivity contribution < 1.29 is 9.59 Å². The standard InChI is InChI=1S/C19H17N3O2S2/c1-12-4-3-5-15(10-12)18-21-19(26-22-18)25-11-17(24)20-16-8-6-14(7-9-16)13(2)23/h3-10H,11H2,1-2H3,(H,20,24). The van der Waals surface area contributed by atoms with Gasteiger partial charge in [-0.1, -0.05) is 35.5 Å². The smallest absolute Gasteiger partial charge is 0.234 e. The quantitative estimate of drug-likeness (QED) is 0.503. The van der Waals surface area contributed by atoms with Crippen LogP contribution < -0.4 is 5.32 Å². The number of thioether (sulfide) groups is 1. The van der Waals surface area contributed by atoms with Crippen LogP contribution in [0.1, 0.15) is 22.8 Å². The van der Waals surface area contributed by atoms with E-state index in [1.54, 1.807) is 24.3 Å². The fraction of sp³-hybridized carbons (Fsp3) is 0.158. The maximum Gasteiger partial charge on any atom is 0.234 e. The lowest BCUT2D eigenvalue weighted by Crippen LogP contribution is -2.14. The van der Waals surface area contributed by atoms with Gasteiger partial charge < -0.3 is 5.32 Å². The summed E-state index contributed by atoms with van der Waals surface area (Å²) in [5.74, 6) is 0.801. The Hall–Kier alpha value is -2.51. The van der Waals surface area contributed by atoms with Crippen molar-refractivity contribution in [3.63, 3.8) is 0 Å². The monoisotopic (exact) mass is 383 g/mol. The highest BCUT2D eigenvalue weighted by atomic mass is 32.2. The summed E-state index contributed by atoms with van der Waals surface area (Å²) >= 11 is 2.64. The number of nitrogens with zero attached hydrogens (tertiary/aromatic N) is 2. The largest absolute Gasteiger partial charge is 0.325 e. The van der Waals surface area contributed by atoms with E-state index in [4.69, 9.17) is 0 Å². The van der Waals surface area contributed by atoms with Gasteiger partial charge in [0.2, 0.25) is 5.91 Å². The highest BCUT2D eigenvalue weighted by molar-refractivity contribution is 8.01. The van der Waals surface area contributed by atoms with Crippen LogP contribution in [0.15, 0.2) is 52.9 Å². The van der Waals surface area contributed by atoms with Gasteiger partial charge in [0.1, 0.15) is 0 Å². The number of ketones is 1. The number of anilines is 1. The Balaban J connectivity index is 1.55. The Bertz CT molecular complexity index is 936. The molecule has 1 aromatic heterocycles. The van der Waals surface area contributed by atoms with E-state index in [0.717, 1.165) is 15.5 Å². The number of hydrogen-bond acceptors (Lipinski definition) is 6. The van der Waals surface area contributed by atoms with Crippen LogP contribution in [0.4, 0.5) is 5.69 Å². The summed E-state index contributed by atoms with van der Waals surface area (Å²) in [4.78, 5) is 27.8. The first kappa shape index (κ1) is 18.3. The van der Waals surface area contributed by atoms with Gasteiger partial charge in [-0.2, -0.15) is 4.37 Å². The lowest BCUT2D eigenvalue weighted by Gasteiger charge is -2.04. The minimum atomic E-state index is -0.127. The average Bonchev–Trinajstić information content (AvgIpc) is 3.09. The molecular weight excluding hydrogens is 366 g/mol. The number of nitrogens with one attached hydrogen (secondary N) is 1. The molecule has 1 heterocycles. The van der Waals surface area contributed by atoms with Gasteiger partial charge in [-0.15, -0.1) is 0 Å². The van der Waals surface area contributed by atoms with Crippen molar-refractivity contribution in [2.45, 2.75) is 18.2 Å². The molecule has 26 heavy (non-hydrogen) atoms. The predicted molar refractivity (Wildman–Crippen MR) is 106 cm³/mol. The molecule has 0 unspecified atom stereocenters. The number of aryl methyl sites for hydroxylation is 1. The number of hydrogen-bond donors (Lipinski definition) is 1. The van der Waals surface area contributed by atoms with E-state index in [2.05, 4.69) is 14.7 Å². The lowest BCUT2D eigenvalue weighted by molar-refractivity contribution is -0.113. The second kappa shape index (κ2) is 8.25. The van der Waals surface area contributed by atoms with E-state index < -0.39 is 0 Å². The predicted octanol–water partition coefficient (Wildman–Crippen LogP) is 4.45. The van der Waals surface area contributed by atoms with Gasteiger partial charge in [0.05, 0.1) is 5.75 Å². The number of Topliss-reactive ketones (excluding diaryl/α,β-unsaturated/α-hetero) is 1. The fourth-order valence-electron chi connectivity index (χ4n) is 2.28. The molecule has 1 amide bonds. The zero-order valence-corrected chi connectivity index (χ0v) is 16.0. The molecule has 0 aliphatic rings. The van der Waals surface area contributed by atoms with E-state index in [1.807, 2.05) is 31.2 Å². The SMILES string of the molecule is CC(=O)c1ccc(NC(=O)CSc2nc(-c3cccc(C)c3)ns2)cc1. The van der Waals surface area contributed by atoms with E-state index in [1.165, 1.54) is 30.2 Å². The highest BCUT2D eigenvalue weighted by Gasteiger charge is 2.10. The van der Waals surface area contributed by atoms with Gasteiger partial charge in [0, 0.05) is 16.8 Å². The van der Waals surface area contributed by atoms with Gasteiger partial charge in [0.25, 0.3) is 0 Å². The fourth-order valence-corrected chi connectivity index (χ4v) is 3.70. The molecule has 0 aliphatic carbocycles. The normalized spacial score (nSPS) is 10.5. The van der Waals surface area contributed by atoms with Crippen LogP contribution in [-0.2, 0) is 4.79 Å². The van der Waals surface area contributed by atoms with Crippen molar-refractivity contribution in [1.29, 1.82) is 0 Å². The van der Waals surface area contributed by atoms with Crippen LogP contribution in [0.3, 0.4) is 0 Å². The van der Waals surface area contributed by atoms with Crippen LogP contribution in [-0.4, -0.2) is 26.8 Å². The third-order valence-corrected chi connectivity index (χ3v) is 5.42. The number of carbonyl (C=O) groups is 2. The number of benzene rings is 2. The third kappa shape index (κ3) is 4.77. The van der Waals surface area contributed by atoms with E-state index in [9.17, 15) is 9.59 Å². The zero-order valence-electron chi connectivity index (χ0n) is 14.4. The minimum Gasteiger partial charge on any atom is -0.325 e. The van der Waals surface area contributed by atoms with Gasteiger partial charge >= 0.3 is 0 Å². The van der Waals surface area contributed by atoms with Crippen LogP contribution in [0.5, 0.6) is 0 Å². The molecule has 3 rings (SSSR count). The maximum atomic E-state index is 12.1. The van der Waals surface area contributed by atoms with Crippen molar-refractivity contribution in [1.82, 2.24) is 9.36 Å². The number of amides is 1. The molecule has 3 aromatic rings. The molecule has 0 saturated heterocycles. The van der Waals surface area contributed by atoms with Crippen molar-refractivity contribution in [3.8, 4) is 11.4 Å². The second-order valence-electron chi connectivity index (χ2n) is 5.72. The van der Waals surface area contributed by atoms with Gasteiger partial charge in [-0.3, -0.25) is 9.59 Å². The molecule has 0 fully saturated rings. The average molecular weight is 383 g/mol. The van der Waals surface area contributed by atoms with E-state index >= 15 is 0 Å². The summed E-state index contributed by atoms with van der Waals surface area (Å²) < 4.78 is 5.12. The topological polar surface area (TPSA) is 72.0 Å². The Morgan fingerprint density at radius 1 is 1.15 bits per heavy atom. The minimum absolute atomic E-state index is 0.000819. The summed E-state index contributed by atoms with van der Waals surface area (Å²) in [7, 11) is 0. The molecule has 132 valence electrons. The first-order valence-electron chi connectivity index (χ1n) is 7.95. The molecule has 0 radical (unpaired) electrons. The van der Waals surface area contributed by atoms with Crippen molar-refractivity contribution in [2.75, 3.05) is 11.1 Å². The van der Waals surface area contributed by atoms with Gasteiger partial charge in [-0.25, -0.2) is 4.98 Å². The summed E-state index contributed by atoms with van der Waals surface area (Å²) in [5.41, 5.74) is 3.41. The van der Waals surface area contributed by atoms with Crippen molar-refractivity contribution in [2.24, 2.45) is 0 Å². The number of rotatable bonds is 6. The highest BCUT2D eigenvalue weighted by Crippen LogP contribution is 2.25. The molecule has 0 atom stereocenters. The number of aromatic nitrogens is 2. The number of carbonyl (C=O) groups excluding carboxylic acids is 2. The first-order valence-corrected chi connectivity index (χ1v) is 9.71. The van der Waals surface area contributed by atoms with Crippen LogP contribution in [0.2, 0.25) is 0 Å². The van der Waals surface area contributed by atoms with E-state index in [-0.39, 0.29) is 17.4 Å². The first-order chi connectivity index (χ1) is 12.5. The molecule has 1 N–H and O–H groups in total. The Morgan fingerprint density at radius 2 is 1.92 bits per heavy atom. The van der Waals surface area contributed by atoms with Gasteiger partial charge in [-0.05, 0) is 55.7 Å². The zero-order chi connectivity index (χ0) is 18.5. The van der Waals surface area contributed by atoms with Crippen LogP contribution in [0.25, 0.3) is 11.4 Å². The summed E-state index contributed by atoms with van der Waals surface area (Å²) in [6.07, 6.45) is 0. The summed E-state index contributed by atoms with van der Waals surface area (Å²) in [6, 6.07) is 14.9. The maximum absolute atomic E-state index is 12.1. The molecule has 5 nitrogen and oxygen atoms in total. The molecule has 7 heteroatoms. The molecular formula is C19H17N3O2S2.